The fourth-order valence-electron chi connectivity index (χ4n) is 13.1. The SMILES string of the molecule is CCCCCCCCCC/C=C\CCCCCCCCCCCCCCCCCC(=O)NC(COC1OC(CO)C(OC2OC(CO)C(O)C(O)C2O)C(O)C1O)C(O)/C=C/CC/C=C/CC/C=C/CCCCCCCCCCCCCCCCCCCCCCCCC. The number of allylic oxidation sites excluding steroid dienone is 7. The van der Waals surface area contributed by atoms with Gasteiger partial charge in [-0.1, -0.05) is 332 Å². The number of aliphatic hydroxyl groups is 8. The van der Waals surface area contributed by atoms with Gasteiger partial charge in [-0.2, -0.15) is 0 Å². The van der Waals surface area contributed by atoms with E-state index in [0.29, 0.717) is 12.8 Å². The lowest BCUT2D eigenvalue weighted by atomic mass is 9.97. The Morgan fingerprint density at radius 2 is 0.681 bits per heavy atom. The zero-order chi connectivity index (χ0) is 68.0. The molecule has 2 saturated heterocycles. The Morgan fingerprint density at radius 1 is 0.372 bits per heavy atom. The van der Waals surface area contributed by atoms with Gasteiger partial charge in [0.15, 0.2) is 12.6 Å². The summed E-state index contributed by atoms with van der Waals surface area (Å²) in [7, 11) is 0. The average molecular weight is 1330 g/mol. The molecule has 2 heterocycles. The molecule has 9 N–H and O–H groups in total. The average Bonchev–Trinajstić information content (AvgIpc) is 0.794. The number of hydrogen-bond donors (Lipinski definition) is 9. The second-order valence-corrected chi connectivity index (χ2v) is 28.2. The van der Waals surface area contributed by atoms with Crippen molar-refractivity contribution in [2.24, 2.45) is 0 Å². The maximum Gasteiger partial charge on any atom is 0.220 e. The molecule has 2 aliphatic heterocycles. The predicted octanol–water partition coefficient (Wildman–Crippen LogP) is 17.8. The summed E-state index contributed by atoms with van der Waals surface area (Å²) in [5, 5.41) is 87.6. The summed E-state index contributed by atoms with van der Waals surface area (Å²) in [5.41, 5.74) is 0. The van der Waals surface area contributed by atoms with Crippen LogP contribution in [-0.2, 0) is 23.7 Å². The van der Waals surface area contributed by atoms with Crippen LogP contribution in [0.4, 0.5) is 0 Å². The maximum absolute atomic E-state index is 13.4. The molecule has 12 atom stereocenters. The molecule has 0 aromatic carbocycles. The van der Waals surface area contributed by atoms with Crippen LogP contribution < -0.4 is 5.32 Å². The number of nitrogens with one attached hydrogen (secondary N) is 1. The van der Waals surface area contributed by atoms with Gasteiger partial charge in [0.25, 0.3) is 0 Å². The molecular formula is C80H149NO13. The summed E-state index contributed by atoms with van der Waals surface area (Å²) in [6, 6.07) is -0.940. The molecule has 2 fully saturated rings. The fourth-order valence-corrected chi connectivity index (χ4v) is 13.1. The predicted molar refractivity (Wildman–Crippen MR) is 388 cm³/mol. The second-order valence-electron chi connectivity index (χ2n) is 28.2. The monoisotopic (exact) mass is 1330 g/mol. The van der Waals surface area contributed by atoms with E-state index in [0.717, 1.165) is 44.9 Å². The van der Waals surface area contributed by atoms with Crippen molar-refractivity contribution in [1.29, 1.82) is 0 Å². The lowest BCUT2D eigenvalue weighted by molar-refractivity contribution is -0.359. The Labute approximate surface area is 575 Å². The Bertz CT molecular complexity index is 1760. The van der Waals surface area contributed by atoms with E-state index in [4.69, 9.17) is 18.9 Å². The molecule has 0 aliphatic carbocycles. The first-order valence-corrected chi connectivity index (χ1v) is 39.9. The normalized spacial score (nSPS) is 22.7. The number of rotatable bonds is 67. The van der Waals surface area contributed by atoms with E-state index in [1.54, 1.807) is 6.08 Å². The minimum Gasteiger partial charge on any atom is -0.394 e. The van der Waals surface area contributed by atoms with Crippen LogP contribution in [0, 0.1) is 0 Å². The van der Waals surface area contributed by atoms with Crippen LogP contribution >= 0.6 is 0 Å². The van der Waals surface area contributed by atoms with Gasteiger partial charge in [0.2, 0.25) is 5.91 Å². The van der Waals surface area contributed by atoms with Crippen molar-refractivity contribution in [2.75, 3.05) is 19.8 Å². The van der Waals surface area contributed by atoms with Crippen LogP contribution in [0.3, 0.4) is 0 Å². The number of hydrogen-bond acceptors (Lipinski definition) is 13. The number of aliphatic hydroxyl groups excluding tert-OH is 8. The van der Waals surface area contributed by atoms with Crippen LogP contribution in [-0.4, -0.2) is 140 Å². The van der Waals surface area contributed by atoms with E-state index in [2.05, 4.69) is 55.6 Å². The molecule has 14 heteroatoms. The highest BCUT2D eigenvalue weighted by atomic mass is 16.7. The molecule has 2 rings (SSSR count). The summed E-state index contributed by atoms with van der Waals surface area (Å²) in [4.78, 5) is 13.4. The van der Waals surface area contributed by atoms with Crippen LogP contribution in [0.15, 0.2) is 48.6 Å². The summed E-state index contributed by atoms with van der Waals surface area (Å²) >= 11 is 0. The van der Waals surface area contributed by atoms with E-state index in [1.165, 1.54) is 283 Å². The molecule has 2 aliphatic rings. The number of unbranched alkanes of at least 4 members (excludes halogenated alkanes) is 48. The summed E-state index contributed by atoms with van der Waals surface area (Å²) < 4.78 is 22.9. The molecule has 0 aromatic rings. The highest BCUT2D eigenvalue weighted by Gasteiger charge is 2.51. The van der Waals surface area contributed by atoms with E-state index in [1.807, 2.05) is 6.08 Å². The fraction of sp³-hybridized carbons (Fsp3) is 0.887. The molecule has 0 bridgehead atoms. The molecule has 12 unspecified atom stereocenters. The molecular weight excluding hydrogens is 1180 g/mol. The molecule has 0 spiro atoms. The lowest BCUT2D eigenvalue weighted by Crippen LogP contribution is -2.65. The van der Waals surface area contributed by atoms with Gasteiger partial charge >= 0.3 is 0 Å². The third-order valence-corrected chi connectivity index (χ3v) is 19.5. The van der Waals surface area contributed by atoms with Gasteiger partial charge in [-0.15, -0.1) is 0 Å². The number of carbonyl (C=O) groups is 1. The van der Waals surface area contributed by atoms with E-state index < -0.39 is 86.8 Å². The van der Waals surface area contributed by atoms with Crippen LogP contribution in [0.5, 0.6) is 0 Å². The molecule has 0 radical (unpaired) electrons. The Hall–Kier alpha value is -2.05. The summed E-state index contributed by atoms with van der Waals surface area (Å²) in [6.07, 6.45) is 69.2. The third kappa shape index (κ3) is 47.1. The van der Waals surface area contributed by atoms with Crippen LogP contribution in [0.1, 0.15) is 361 Å². The quantitative estimate of drug-likeness (QED) is 0.0204. The van der Waals surface area contributed by atoms with Crippen molar-refractivity contribution >= 4 is 5.91 Å². The molecule has 552 valence electrons. The molecule has 1 amide bonds. The highest BCUT2D eigenvalue weighted by molar-refractivity contribution is 5.76. The highest BCUT2D eigenvalue weighted by Crippen LogP contribution is 2.30. The second kappa shape index (κ2) is 64.3. The minimum absolute atomic E-state index is 0.248. The van der Waals surface area contributed by atoms with Crippen molar-refractivity contribution in [3.63, 3.8) is 0 Å². The Morgan fingerprint density at radius 3 is 1.04 bits per heavy atom. The minimum atomic E-state index is -1.79. The first kappa shape index (κ1) is 88.0. The molecule has 14 nitrogen and oxygen atoms in total. The first-order chi connectivity index (χ1) is 46.1. The van der Waals surface area contributed by atoms with Gasteiger partial charge in [-0.3, -0.25) is 4.79 Å². The largest absolute Gasteiger partial charge is 0.394 e. The lowest BCUT2D eigenvalue weighted by Gasteiger charge is -2.46. The third-order valence-electron chi connectivity index (χ3n) is 19.5. The Balaban J connectivity index is 1.65. The van der Waals surface area contributed by atoms with Gasteiger partial charge in [0, 0.05) is 6.42 Å². The van der Waals surface area contributed by atoms with Gasteiger partial charge in [-0.05, 0) is 70.6 Å². The number of amides is 1. The van der Waals surface area contributed by atoms with E-state index >= 15 is 0 Å². The molecule has 0 aromatic heterocycles. The zero-order valence-electron chi connectivity index (χ0n) is 60.5. The van der Waals surface area contributed by atoms with Crippen LogP contribution in [0.2, 0.25) is 0 Å². The van der Waals surface area contributed by atoms with Crippen molar-refractivity contribution in [3.05, 3.63) is 48.6 Å². The van der Waals surface area contributed by atoms with Gasteiger partial charge in [0.1, 0.15) is 48.8 Å². The van der Waals surface area contributed by atoms with Crippen LogP contribution in [0.25, 0.3) is 0 Å². The van der Waals surface area contributed by atoms with E-state index in [9.17, 15) is 45.6 Å². The summed E-state index contributed by atoms with van der Waals surface area (Å²) in [6.45, 7) is 2.83. The van der Waals surface area contributed by atoms with Crippen molar-refractivity contribution < 1.29 is 64.6 Å². The van der Waals surface area contributed by atoms with Gasteiger partial charge in [0.05, 0.1) is 32.0 Å². The topological polar surface area (TPSA) is 228 Å². The van der Waals surface area contributed by atoms with Crippen molar-refractivity contribution in [3.8, 4) is 0 Å². The molecule has 0 saturated carbocycles. The maximum atomic E-state index is 13.4. The first-order valence-electron chi connectivity index (χ1n) is 39.9. The van der Waals surface area contributed by atoms with Gasteiger partial charge in [-0.25, -0.2) is 0 Å². The molecule has 94 heavy (non-hydrogen) atoms. The smallest absolute Gasteiger partial charge is 0.220 e. The van der Waals surface area contributed by atoms with Crippen molar-refractivity contribution in [1.82, 2.24) is 5.32 Å². The number of carbonyl (C=O) groups excluding carboxylic acids is 1. The summed E-state index contributed by atoms with van der Waals surface area (Å²) in [5.74, 6) is -0.248. The number of ether oxygens (including phenoxy) is 4. The van der Waals surface area contributed by atoms with Gasteiger partial charge < -0.3 is 65.1 Å². The van der Waals surface area contributed by atoms with E-state index in [-0.39, 0.29) is 18.9 Å². The van der Waals surface area contributed by atoms with Crippen molar-refractivity contribution in [2.45, 2.75) is 434 Å². The Kier molecular flexibility index (Phi) is 60.3. The zero-order valence-corrected chi connectivity index (χ0v) is 60.5. The standard InChI is InChI=1S/C80H149NO13/c1-3-5-7-9-11-13-15-17-19-21-23-25-27-29-31-32-33-34-35-36-38-39-41-43-45-47-49-51-53-55-57-59-61-63-69(84)68(67-91-79-77(90)75(88)78(71(66-83)93-79)94-80-76(89)74(87)73(86)70(65-82)92-80)81-72(85)64-62-60-58-56-54-52-50-48-46-44-42-40-37-30-28-26-24-22-20-18-16-14-12-10-8-6-4-2/h22,24,45,47,53,55,61,63,68-71,73-80,82-84,86-90H,3-21,23,25-44,46,48-52,54,56-60,62,64-67H2,1-2H3,(H,81,85)/b24-22-,47-45+,55-53+,63-61+.